The normalized spacial score (nSPS) is 11.6. The van der Waals surface area contributed by atoms with E-state index in [1.54, 1.807) is 39.1 Å². The molecule has 4 heteroatoms. The van der Waals surface area contributed by atoms with Crippen LogP contribution in [0.1, 0.15) is 26.3 Å². The van der Waals surface area contributed by atoms with E-state index in [4.69, 9.17) is 4.74 Å². The van der Waals surface area contributed by atoms with Gasteiger partial charge < -0.3 is 4.74 Å². The summed E-state index contributed by atoms with van der Waals surface area (Å²) in [5.74, 6) is -0.869. The van der Waals surface area contributed by atoms with Crippen LogP contribution < -0.4 is 0 Å². The van der Waals surface area contributed by atoms with Gasteiger partial charge in [0.1, 0.15) is 11.4 Å². The van der Waals surface area contributed by atoms with E-state index in [0.717, 1.165) is 5.39 Å². The Morgan fingerprint density at radius 3 is 2.79 bits per heavy atom. The second-order valence-electron chi connectivity index (χ2n) is 5.40. The first kappa shape index (κ1) is 13.5. The van der Waals surface area contributed by atoms with Gasteiger partial charge in [-0.25, -0.2) is 4.39 Å². The number of carbonyl (C=O) groups is 1. The zero-order valence-corrected chi connectivity index (χ0v) is 11.2. The van der Waals surface area contributed by atoms with E-state index in [-0.39, 0.29) is 6.42 Å². The molecule has 0 fully saturated rings. The topological polar surface area (TPSA) is 39.2 Å². The summed E-state index contributed by atoms with van der Waals surface area (Å²) in [5, 5.41) is 0.808. The first-order valence-corrected chi connectivity index (χ1v) is 6.10. The molecule has 0 saturated carbocycles. The van der Waals surface area contributed by atoms with Gasteiger partial charge in [0.05, 0.1) is 11.9 Å². The Balaban J connectivity index is 2.25. The highest BCUT2D eigenvalue weighted by Crippen LogP contribution is 2.19. The zero-order valence-electron chi connectivity index (χ0n) is 11.2. The van der Waals surface area contributed by atoms with Gasteiger partial charge in [0, 0.05) is 17.6 Å². The average molecular weight is 261 g/mol. The number of rotatable bonds is 2. The Hall–Kier alpha value is -1.97. The molecule has 0 aliphatic heterocycles. The third kappa shape index (κ3) is 3.50. The summed E-state index contributed by atoms with van der Waals surface area (Å²) in [4.78, 5) is 15.8. The van der Waals surface area contributed by atoms with Crippen molar-refractivity contribution in [1.29, 1.82) is 0 Å². The minimum atomic E-state index is -0.564. The Morgan fingerprint density at radius 1 is 1.37 bits per heavy atom. The van der Waals surface area contributed by atoms with Gasteiger partial charge >= 0.3 is 5.97 Å². The Labute approximate surface area is 111 Å². The molecule has 1 aromatic heterocycles. The van der Waals surface area contributed by atoms with Crippen LogP contribution in [-0.2, 0) is 16.0 Å². The van der Waals surface area contributed by atoms with Crippen molar-refractivity contribution in [3.05, 3.63) is 41.8 Å². The maximum absolute atomic E-state index is 13.9. The molecule has 2 rings (SSSR count). The highest BCUT2D eigenvalue weighted by atomic mass is 19.1. The summed E-state index contributed by atoms with van der Waals surface area (Å²) in [6.07, 6.45) is 1.53. The molecule has 1 aromatic carbocycles. The molecule has 0 radical (unpaired) electrons. The number of fused-ring (bicyclic) bond motifs is 1. The van der Waals surface area contributed by atoms with E-state index in [1.807, 2.05) is 6.07 Å². The second-order valence-corrected chi connectivity index (χ2v) is 5.40. The van der Waals surface area contributed by atoms with Crippen LogP contribution >= 0.6 is 0 Å². The van der Waals surface area contributed by atoms with Crippen LogP contribution in [0.3, 0.4) is 0 Å². The first-order chi connectivity index (χ1) is 8.85. The van der Waals surface area contributed by atoms with Crippen molar-refractivity contribution < 1.29 is 13.9 Å². The average Bonchev–Trinajstić information content (AvgIpc) is 2.27. The lowest BCUT2D eigenvalue weighted by Crippen LogP contribution is -2.25. The van der Waals surface area contributed by atoms with Crippen LogP contribution in [0.5, 0.6) is 0 Å². The van der Waals surface area contributed by atoms with E-state index in [0.29, 0.717) is 11.1 Å². The van der Waals surface area contributed by atoms with Crippen LogP contribution in [-0.4, -0.2) is 16.6 Å². The first-order valence-electron chi connectivity index (χ1n) is 6.10. The predicted octanol–water partition coefficient (Wildman–Crippen LogP) is 3.26. The van der Waals surface area contributed by atoms with Gasteiger partial charge in [-0.15, -0.1) is 0 Å². The van der Waals surface area contributed by atoms with E-state index in [1.165, 1.54) is 6.07 Å². The van der Waals surface area contributed by atoms with Gasteiger partial charge in [-0.3, -0.25) is 9.78 Å². The molecule has 0 amide bonds. The molecule has 0 bridgehead atoms. The van der Waals surface area contributed by atoms with Gasteiger partial charge in [-0.05, 0) is 38.5 Å². The molecule has 0 spiro atoms. The minimum Gasteiger partial charge on any atom is -0.460 e. The zero-order chi connectivity index (χ0) is 14.0. The van der Waals surface area contributed by atoms with E-state index in [9.17, 15) is 9.18 Å². The second kappa shape index (κ2) is 4.96. The van der Waals surface area contributed by atoms with E-state index >= 15 is 0 Å². The smallest absolute Gasteiger partial charge is 0.310 e. The standard InChI is InChI=1S/C15H16FNO2/c1-15(2,3)19-14(18)8-11-7-10-5-4-6-17-13(10)9-12(11)16/h4-7,9H,8H2,1-3H3. The van der Waals surface area contributed by atoms with Crippen molar-refractivity contribution in [3.63, 3.8) is 0 Å². The summed E-state index contributed by atoms with van der Waals surface area (Å²) in [6, 6.07) is 6.59. The largest absolute Gasteiger partial charge is 0.460 e. The van der Waals surface area contributed by atoms with Crippen LogP contribution in [0.15, 0.2) is 30.5 Å². The Morgan fingerprint density at radius 2 is 2.11 bits per heavy atom. The van der Waals surface area contributed by atoms with Crippen LogP contribution in [0, 0.1) is 5.82 Å². The fourth-order valence-corrected chi connectivity index (χ4v) is 1.81. The fraction of sp³-hybridized carbons (Fsp3) is 0.333. The summed E-state index contributed by atoms with van der Waals surface area (Å²) in [7, 11) is 0. The number of pyridine rings is 1. The SMILES string of the molecule is CC(C)(C)OC(=O)Cc1cc2cccnc2cc1F. The van der Waals surface area contributed by atoms with Crippen LogP contribution in [0.2, 0.25) is 0 Å². The van der Waals surface area contributed by atoms with E-state index in [2.05, 4.69) is 4.98 Å². The highest BCUT2D eigenvalue weighted by molar-refractivity contribution is 5.81. The number of hydrogen-bond acceptors (Lipinski definition) is 3. The number of aromatic nitrogens is 1. The predicted molar refractivity (Wildman–Crippen MR) is 71.3 cm³/mol. The minimum absolute atomic E-state index is 0.0755. The van der Waals surface area contributed by atoms with Crippen molar-refractivity contribution in [1.82, 2.24) is 4.98 Å². The van der Waals surface area contributed by atoms with Crippen molar-refractivity contribution in [2.45, 2.75) is 32.8 Å². The number of esters is 1. The van der Waals surface area contributed by atoms with Crippen molar-refractivity contribution in [2.24, 2.45) is 0 Å². The molecule has 0 N–H and O–H groups in total. The number of carbonyl (C=O) groups excluding carboxylic acids is 1. The molecule has 3 nitrogen and oxygen atoms in total. The maximum atomic E-state index is 13.9. The number of halogens is 1. The molecular weight excluding hydrogens is 245 g/mol. The molecule has 1 heterocycles. The molecular formula is C15H16FNO2. The Kier molecular flexibility index (Phi) is 3.51. The lowest BCUT2D eigenvalue weighted by molar-refractivity contribution is -0.153. The highest BCUT2D eigenvalue weighted by Gasteiger charge is 2.18. The molecule has 0 unspecified atom stereocenters. The van der Waals surface area contributed by atoms with Crippen LogP contribution in [0.25, 0.3) is 10.9 Å². The molecule has 2 aromatic rings. The third-order valence-corrected chi connectivity index (χ3v) is 2.53. The molecule has 100 valence electrons. The monoisotopic (exact) mass is 261 g/mol. The van der Waals surface area contributed by atoms with E-state index < -0.39 is 17.4 Å². The maximum Gasteiger partial charge on any atom is 0.310 e. The number of hydrogen-bond donors (Lipinski definition) is 0. The Bertz CT molecular complexity index is 617. The number of benzene rings is 1. The summed E-state index contributed by atoms with van der Waals surface area (Å²) in [6.45, 7) is 5.35. The number of ether oxygens (including phenoxy) is 1. The summed E-state index contributed by atoms with van der Waals surface area (Å²) < 4.78 is 19.1. The number of nitrogens with zero attached hydrogens (tertiary/aromatic N) is 1. The lowest BCUT2D eigenvalue weighted by atomic mass is 10.1. The molecule has 0 aliphatic rings. The van der Waals surface area contributed by atoms with Gasteiger partial charge in [0.25, 0.3) is 0 Å². The van der Waals surface area contributed by atoms with Gasteiger partial charge in [0.2, 0.25) is 0 Å². The molecule has 0 aliphatic carbocycles. The summed E-state index contributed by atoms with van der Waals surface area (Å²) in [5.41, 5.74) is 0.342. The molecule has 0 atom stereocenters. The van der Waals surface area contributed by atoms with Gasteiger partial charge in [-0.1, -0.05) is 6.07 Å². The van der Waals surface area contributed by atoms with Gasteiger partial charge in [-0.2, -0.15) is 0 Å². The third-order valence-electron chi connectivity index (χ3n) is 2.53. The van der Waals surface area contributed by atoms with Crippen LogP contribution in [0.4, 0.5) is 4.39 Å². The quantitative estimate of drug-likeness (QED) is 0.779. The molecule has 0 saturated heterocycles. The van der Waals surface area contributed by atoms with Crippen molar-refractivity contribution in [3.8, 4) is 0 Å². The van der Waals surface area contributed by atoms with Crippen molar-refractivity contribution >= 4 is 16.9 Å². The lowest BCUT2D eigenvalue weighted by Gasteiger charge is -2.19. The molecule has 19 heavy (non-hydrogen) atoms. The summed E-state index contributed by atoms with van der Waals surface area (Å²) >= 11 is 0. The van der Waals surface area contributed by atoms with Gasteiger partial charge in [0.15, 0.2) is 0 Å². The fourth-order valence-electron chi connectivity index (χ4n) is 1.81. The van der Waals surface area contributed by atoms with Crippen molar-refractivity contribution in [2.75, 3.05) is 0 Å².